The van der Waals surface area contributed by atoms with Gasteiger partial charge in [-0.2, -0.15) is 0 Å². The Morgan fingerprint density at radius 3 is 3.00 bits per heavy atom. The molecule has 5 nitrogen and oxygen atoms in total. The van der Waals surface area contributed by atoms with Crippen molar-refractivity contribution < 1.29 is 19.0 Å². The molecule has 108 valence electrons. The highest BCUT2D eigenvalue weighted by molar-refractivity contribution is 9.10. The number of hydrogen-bond acceptors (Lipinski definition) is 5. The standard InChI is InChI=1S/C14H16BrNO4/c1-18-14(17)12(16-6-8-2-3-8)9-4-10(15)13-11(5-9)19-7-20-13/h4-5,8,12,16H,2-3,6-7H2,1H3. The number of nitrogens with one attached hydrogen (secondary N) is 1. The molecule has 1 atom stereocenters. The van der Waals surface area contributed by atoms with E-state index in [1.54, 1.807) is 0 Å². The molecule has 1 N–H and O–H groups in total. The molecule has 0 aromatic heterocycles. The van der Waals surface area contributed by atoms with E-state index in [1.165, 1.54) is 20.0 Å². The average Bonchev–Trinajstić information content (AvgIpc) is 3.14. The van der Waals surface area contributed by atoms with E-state index in [9.17, 15) is 4.79 Å². The minimum absolute atomic E-state index is 0.204. The van der Waals surface area contributed by atoms with Gasteiger partial charge in [-0.05, 0) is 58.9 Å². The topological polar surface area (TPSA) is 56.8 Å². The summed E-state index contributed by atoms with van der Waals surface area (Å²) in [6, 6.07) is 3.22. The van der Waals surface area contributed by atoms with Crippen LogP contribution in [0.4, 0.5) is 0 Å². The average molecular weight is 342 g/mol. The van der Waals surface area contributed by atoms with Crippen molar-refractivity contribution in [1.82, 2.24) is 5.32 Å². The van der Waals surface area contributed by atoms with Gasteiger partial charge in [-0.3, -0.25) is 0 Å². The van der Waals surface area contributed by atoms with Gasteiger partial charge in [0.15, 0.2) is 11.5 Å². The summed E-state index contributed by atoms with van der Waals surface area (Å²) in [5.74, 6) is 1.71. The monoisotopic (exact) mass is 341 g/mol. The second-order valence-electron chi connectivity index (χ2n) is 5.04. The number of rotatable bonds is 5. The number of esters is 1. The molecule has 1 aliphatic heterocycles. The predicted octanol–water partition coefficient (Wildman–Crippen LogP) is 2.39. The Morgan fingerprint density at radius 2 is 2.30 bits per heavy atom. The molecule has 1 heterocycles. The number of carbonyl (C=O) groups excluding carboxylic acids is 1. The fourth-order valence-electron chi connectivity index (χ4n) is 2.22. The van der Waals surface area contributed by atoms with Crippen LogP contribution in [0.1, 0.15) is 24.4 Å². The Balaban J connectivity index is 1.85. The van der Waals surface area contributed by atoms with Gasteiger partial charge >= 0.3 is 5.97 Å². The first kappa shape index (κ1) is 13.7. The number of hydrogen-bond donors (Lipinski definition) is 1. The summed E-state index contributed by atoms with van der Waals surface area (Å²) >= 11 is 3.44. The van der Waals surface area contributed by atoms with Crippen LogP contribution in [0, 0.1) is 5.92 Å². The molecule has 3 rings (SSSR count). The van der Waals surface area contributed by atoms with Crippen LogP contribution in [0.15, 0.2) is 16.6 Å². The maximum Gasteiger partial charge on any atom is 0.327 e. The first-order valence-corrected chi connectivity index (χ1v) is 7.38. The number of fused-ring (bicyclic) bond motifs is 1. The Hall–Kier alpha value is -1.27. The largest absolute Gasteiger partial charge is 0.468 e. The molecule has 20 heavy (non-hydrogen) atoms. The number of carbonyl (C=O) groups is 1. The minimum Gasteiger partial charge on any atom is -0.468 e. The van der Waals surface area contributed by atoms with Crippen molar-refractivity contribution in [2.24, 2.45) is 5.92 Å². The van der Waals surface area contributed by atoms with Crippen molar-refractivity contribution in [3.05, 3.63) is 22.2 Å². The van der Waals surface area contributed by atoms with Crippen LogP contribution in [0.5, 0.6) is 11.5 Å². The first-order chi connectivity index (χ1) is 9.69. The molecule has 1 saturated carbocycles. The van der Waals surface area contributed by atoms with Crippen molar-refractivity contribution in [3.8, 4) is 11.5 Å². The molecule has 1 aromatic carbocycles. The summed E-state index contributed by atoms with van der Waals surface area (Å²) in [5, 5.41) is 3.28. The van der Waals surface area contributed by atoms with Gasteiger partial charge in [-0.25, -0.2) is 4.79 Å². The smallest absolute Gasteiger partial charge is 0.327 e. The third-order valence-corrected chi connectivity index (χ3v) is 4.12. The molecule has 1 fully saturated rings. The van der Waals surface area contributed by atoms with E-state index < -0.39 is 6.04 Å². The Morgan fingerprint density at radius 1 is 1.50 bits per heavy atom. The zero-order chi connectivity index (χ0) is 14.1. The van der Waals surface area contributed by atoms with E-state index in [2.05, 4.69) is 21.2 Å². The maximum atomic E-state index is 12.0. The SMILES string of the molecule is COC(=O)C(NCC1CC1)c1cc(Br)c2c(c1)OCO2. The quantitative estimate of drug-likeness (QED) is 0.833. The molecule has 0 spiro atoms. The Labute approximate surface area is 125 Å². The lowest BCUT2D eigenvalue weighted by Gasteiger charge is -2.17. The fraction of sp³-hybridized carbons (Fsp3) is 0.500. The highest BCUT2D eigenvalue weighted by atomic mass is 79.9. The molecular weight excluding hydrogens is 326 g/mol. The zero-order valence-corrected chi connectivity index (χ0v) is 12.7. The lowest BCUT2D eigenvalue weighted by atomic mass is 10.1. The first-order valence-electron chi connectivity index (χ1n) is 6.59. The number of halogens is 1. The summed E-state index contributed by atoms with van der Waals surface area (Å²) in [6.07, 6.45) is 2.46. The summed E-state index contributed by atoms with van der Waals surface area (Å²) in [4.78, 5) is 12.0. The third kappa shape index (κ3) is 2.76. The Bertz CT molecular complexity index is 530. The Kier molecular flexibility index (Phi) is 3.85. The summed E-state index contributed by atoms with van der Waals surface area (Å²) in [7, 11) is 1.40. The molecule has 0 bridgehead atoms. The molecule has 0 saturated heterocycles. The number of ether oxygens (including phenoxy) is 3. The van der Waals surface area contributed by atoms with Gasteiger partial charge in [-0.15, -0.1) is 0 Å². The van der Waals surface area contributed by atoms with Crippen molar-refractivity contribution in [3.63, 3.8) is 0 Å². The van der Waals surface area contributed by atoms with Crippen LogP contribution in [-0.2, 0) is 9.53 Å². The highest BCUT2D eigenvalue weighted by Crippen LogP contribution is 2.41. The van der Waals surface area contributed by atoms with E-state index in [1.807, 2.05) is 12.1 Å². The normalized spacial score (nSPS) is 17.9. The van der Waals surface area contributed by atoms with Crippen LogP contribution >= 0.6 is 15.9 Å². The molecule has 0 amide bonds. The van der Waals surface area contributed by atoms with Crippen LogP contribution in [0.2, 0.25) is 0 Å². The predicted molar refractivity (Wildman–Crippen MR) is 75.7 cm³/mol. The second-order valence-corrected chi connectivity index (χ2v) is 5.90. The van der Waals surface area contributed by atoms with Gasteiger partial charge in [-0.1, -0.05) is 0 Å². The molecule has 0 radical (unpaired) electrons. The van der Waals surface area contributed by atoms with E-state index in [-0.39, 0.29) is 12.8 Å². The molecular formula is C14H16BrNO4. The van der Waals surface area contributed by atoms with Gasteiger partial charge in [0.25, 0.3) is 0 Å². The van der Waals surface area contributed by atoms with Crippen molar-refractivity contribution in [1.29, 1.82) is 0 Å². The number of methoxy groups -OCH3 is 1. The maximum absolute atomic E-state index is 12.0. The van der Waals surface area contributed by atoms with Crippen LogP contribution in [-0.4, -0.2) is 26.4 Å². The molecule has 1 aliphatic carbocycles. The lowest BCUT2D eigenvalue weighted by Crippen LogP contribution is -2.31. The zero-order valence-electron chi connectivity index (χ0n) is 11.1. The molecule has 6 heteroatoms. The molecule has 1 aromatic rings. The van der Waals surface area contributed by atoms with E-state index in [0.717, 1.165) is 16.6 Å². The molecule has 2 aliphatic rings. The van der Waals surface area contributed by atoms with Gasteiger partial charge in [0.2, 0.25) is 6.79 Å². The van der Waals surface area contributed by atoms with Crippen molar-refractivity contribution in [2.45, 2.75) is 18.9 Å². The highest BCUT2D eigenvalue weighted by Gasteiger charge is 2.29. The van der Waals surface area contributed by atoms with Crippen LogP contribution in [0.25, 0.3) is 0 Å². The molecule has 1 unspecified atom stereocenters. The van der Waals surface area contributed by atoms with Crippen LogP contribution in [0.3, 0.4) is 0 Å². The van der Waals surface area contributed by atoms with Crippen LogP contribution < -0.4 is 14.8 Å². The fourth-order valence-corrected chi connectivity index (χ4v) is 2.79. The van der Waals surface area contributed by atoms with E-state index >= 15 is 0 Å². The van der Waals surface area contributed by atoms with Gasteiger partial charge < -0.3 is 19.5 Å². The van der Waals surface area contributed by atoms with Gasteiger partial charge in [0.1, 0.15) is 6.04 Å². The van der Waals surface area contributed by atoms with Crippen molar-refractivity contribution >= 4 is 21.9 Å². The lowest BCUT2D eigenvalue weighted by molar-refractivity contribution is -0.143. The van der Waals surface area contributed by atoms with Gasteiger partial charge in [0.05, 0.1) is 11.6 Å². The minimum atomic E-state index is -0.480. The van der Waals surface area contributed by atoms with Gasteiger partial charge in [0, 0.05) is 0 Å². The summed E-state index contributed by atoms with van der Waals surface area (Å²) in [6.45, 7) is 1.03. The van der Waals surface area contributed by atoms with E-state index in [4.69, 9.17) is 14.2 Å². The summed E-state index contributed by atoms with van der Waals surface area (Å²) < 4.78 is 16.4. The number of benzene rings is 1. The summed E-state index contributed by atoms with van der Waals surface area (Å²) in [5.41, 5.74) is 0.814. The third-order valence-electron chi connectivity index (χ3n) is 3.53. The van der Waals surface area contributed by atoms with E-state index in [0.29, 0.717) is 17.4 Å². The second kappa shape index (κ2) is 5.61. The van der Waals surface area contributed by atoms with Crippen molar-refractivity contribution in [2.75, 3.05) is 20.4 Å².